The van der Waals surface area contributed by atoms with Crippen molar-refractivity contribution in [3.05, 3.63) is 105 Å². The number of ether oxygens (including phenoxy) is 7. The molecule has 1 aliphatic rings. The van der Waals surface area contributed by atoms with Crippen molar-refractivity contribution in [2.45, 2.75) is 70.7 Å². The number of hydrogen-bond acceptors (Lipinski definition) is 14. The molecule has 0 bridgehead atoms. The first-order chi connectivity index (χ1) is 24.0. The second-order valence-electron chi connectivity index (χ2n) is 10.7. The van der Waals surface area contributed by atoms with Crippen LogP contribution < -0.4 is 16.6 Å². The molecule has 50 heavy (non-hydrogen) atoms. The van der Waals surface area contributed by atoms with Gasteiger partial charge in [0.1, 0.15) is 19.3 Å². The standard InChI is InChI=1S/C33H35N3O14/c1-4-44-30(40)24(35-32(42)45-17-21-11-7-5-8-12-21)25(50-33(43)46-18-22-13-9-6-10-14-22)26-27(47-19(2)37)28(48-20(3)38)29(49-26)36-16-15-23(39)34-31(36)41/h5-16,24-29H,4,17-18H2,1-3H3,(H,35,42)(H,34,39,41)/t24-,25-,26-,27-,28-,29+/m1/s1. The molecule has 6 atom stereocenters. The van der Waals surface area contributed by atoms with E-state index in [2.05, 4.69) is 5.32 Å². The molecule has 17 nitrogen and oxygen atoms in total. The van der Waals surface area contributed by atoms with Gasteiger partial charge in [-0.25, -0.2) is 19.2 Å². The number of H-pyrrole nitrogens is 1. The monoisotopic (exact) mass is 697 g/mol. The predicted molar refractivity (Wildman–Crippen MR) is 168 cm³/mol. The van der Waals surface area contributed by atoms with E-state index in [1.165, 1.54) is 6.92 Å². The van der Waals surface area contributed by atoms with Gasteiger partial charge in [0.05, 0.1) is 6.61 Å². The van der Waals surface area contributed by atoms with Crippen molar-refractivity contribution in [1.29, 1.82) is 0 Å². The highest BCUT2D eigenvalue weighted by Crippen LogP contribution is 2.37. The number of alkyl carbamates (subject to hydrolysis) is 1. The smallest absolute Gasteiger partial charge is 0.464 e. The van der Waals surface area contributed by atoms with E-state index in [1.54, 1.807) is 60.7 Å². The quantitative estimate of drug-likeness (QED) is 0.193. The van der Waals surface area contributed by atoms with Crippen molar-refractivity contribution in [2.24, 2.45) is 0 Å². The van der Waals surface area contributed by atoms with Crippen molar-refractivity contribution in [1.82, 2.24) is 14.9 Å². The predicted octanol–water partition coefficient (Wildman–Crippen LogP) is 1.88. The summed E-state index contributed by atoms with van der Waals surface area (Å²) in [5, 5.41) is 2.32. The zero-order valence-corrected chi connectivity index (χ0v) is 27.2. The SMILES string of the molecule is CCOC(=O)[C@H](NC(=O)OCc1ccccc1)[C@@H](OC(=O)OCc1ccccc1)[C@H]1O[C@H](n2ccc(=O)[nH]c2=O)[C@H](OC(C)=O)[C@@H]1OC(C)=O. The average molecular weight is 698 g/mol. The first kappa shape index (κ1) is 36.9. The van der Waals surface area contributed by atoms with Crippen LogP contribution in [0.25, 0.3) is 0 Å². The van der Waals surface area contributed by atoms with E-state index in [1.807, 2.05) is 4.98 Å². The Labute approximate surface area is 284 Å². The van der Waals surface area contributed by atoms with Gasteiger partial charge in [0.15, 0.2) is 30.6 Å². The van der Waals surface area contributed by atoms with Gasteiger partial charge in [-0.2, -0.15) is 0 Å². The van der Waals surface area contributed by atoms with E-state index in [0.717, 1.165) is 30.7 Å². The molecule has 0 aliphatic carbocycles. The van der Waals surface area contributed by atoms with Gasteiger partial charge < -0.3 is 38.5 Å². The third-order valence-corrected chi connectivity index (χ3v) is 7.07. The first-order valence-corrected chi connectivity index (χ1v) is 15.3. The topological polar surface area (TPSA) is 217 Å². The van der Waals surface area contributed by atoms with Gasteiger partial charge in [-0.15, -0.1) is 0 Å². The summed E-state index contributed by atoms with van der Waals surface area (Å²) in [7, 11) is 0. The van der Waals surface area contributed by atoms with Crippen LogP contribution in [-0.4, -0.2) is 76.8 Å². The van der Waals surface area contributed by atoms with E-state index in [-0.39, 0.29) is 19.8 Å². The van der Waals surface area contributed by atoms with Crippen molar-refractivity contribution in [3.8, 4) is 0 Å². The van der Waals surface area contributed by atoms with Crippen LogP contribution in [0, 0.1) is 0 Å². The molecule has 17 heteroatoms. The molecule has 1 fully saturated rings. The van der Waals surface area contributed by atoms with E-state index >= 15 is 0 Å². The van der Waals surface area contributed by atoms with Gasteiger partial charge in [0, 0.05) is 26.1 Å². The molecule has 2 aromatic carbocycles. The Morgan fingerprint density at radius 3 is 1.96 bits per heavy atom. The highest BCUT2D eigenvalue weighted by molar-refractivity contribution is 5.82. The number of carbonyl (C=O) groups excluding carboxylic acids is 5. The van der Waals surface area contributed by atoms with Crippen LogP contribution in [-0.2, 0) is 60.8 Å². The Morgan fingerprint density at radius 2 is 1.40 bits per heavy atom. The Kier molecular flexibility index (Phi) is 12.9. The maximum absolute atomic E-state index is 13.5. The van der Waals surface area contributed by atoms with Gasteiger partial charge in [-0.1, -0.05) is 60.7 Å². The lowest BCUT2D eigenvalue weighted by atomic mass is 9.98. The fourth-order valence-electron chi connectivity index (χ4n) is 5.01. The van der Waals surface area contributed by atoms with Gasteiger partial charge in [0.2, 0.25) is 0 Å². The fraction of sp³-hybridized carbons (Fsp3) is 0.364. The van der Waals surface area contributed by atoms with Crippen LogP contribution in [0.5, 0.6) is 0 Å². The van der Waals surface area contributed by atoms with Crippen molar-refractivity contribution >= 4 is 30.2 Å². The van der Waals surface area contributed by atoms with Crippen molar-refractivity contribution in [3.63, 3.8) is 0 Å². The highest BCUT2D eigenvalue weighted by atomic mass is 16.7. The average Bonchev–Trinajstić information content (AvgIpc) is 3.40. The third kappa shape index (κ3) is 10.0. The van der Waals surface area contributed by atoms with Crippen molar-refractivity contribution < 1.29 is 57.1 Å². The molecule has 3 aromatic rings. The summed E-state index contributed by atoms with van der Waals surface area (Å²) in [5.41, 5.74) is -0.580. The Hall–Kier alpha value is -5.97. The number of aromatic nitrogens is 2. The van der Waals surface area contributed by atoms with Gasteiger partial charge in [-0.05, 0) is 18.1 Å². The molecule has 1 aromatic heterocycles. The maximum Gasteiger partial charge on any atom is 0.509 e. The summed E-state index contributed by atoms with van der Waals surface area (Å²) in [4.78, 5) is 91.1. The van der Waals surface area contributed by atoms with Gasteiger partial charge in [-0.3, -0.25) is 23.9 Å². The summed E-state index contributed by atoms with van der Waals surface area (Å²) >= 11 is 0. The van der Waals surface area contributed by atoms with Crippen LogP contribution in [0.4, 0.5) is 9.59 Å². The van der Waals surface area contributed by atoms with Crippen LogP contribution in [0.3, 0.4) is 0 Å². The number of amides is 1. The summed E-state index contributed by atoms with van der Waals surface area (Å²) in [6.07, 6.45) is -10.1. The normalized spacial score (nSPS) is 19.3. The Balaban J connectivity index is 1.76. The van der Waals surface area contributed by atoms with Gasteiger partial charge in [0.25, 0.3) is 5.56 Å². The molecule has 2 N–H and O–H groups in total. The maximum atomic E-state index is 13.5. The molecule has 0 unspecified atom stereocenters. The Morgan fingerprint density at radius 1 is 0.820 bits per heavy atom. The number of rotatable bonds is 13. The second-order valence-corrected chi connectivity index (χ2v) is 10.7. The lowest BCUT2D eigenvalue weighted by Crippen LogP contribution is -2.58. The second kappa shape index (κ2) is 17.4. The van der Waals surface area contributed by atoms with Gasteiger partial charge >= 0.3 is 35.8 Å². The third-order valence-electron chi connectivity index (χ3n) is 7.07. The number of nitrogens with one attached hydrogen (secondary N) is 2. The van der Waals surface area contributed by atoms with Crippen LogP contribution in [0.2, 0.25) is 0 Å². The first-order valence-electron chi connectivity index (χ1n) is 15.3. The number of nitrogens with zero attached hydrogens (tertiary/aromatic N) is 1. The molecule has 1 aliphatic heterocycles. The van der Waals surface area contributed by atoms with E-state index < -0.39 is 78.1 Å². The zero-order valence-electron chi connectivity index (χ0n) is 27.2. The fourth-order valence-corrected chi connectivity index (χ4v) is 5.01. The van der Waals surface area contributed by atoms with Crippen LogP contribution in [0.1, 0.15) is 38.1 Å². The molecule has 1 saturated heterocycles. The van der Waals surface area contributed by atoms with Crippen LogP contribution >= 0.6 is 0 Å². The molecule has 4 rings (SSSR count). The minimum Gasteiger partial charge on any atom is -0.464 e. The summed E-state index contributed by atoms with van der Waals surface area (Å²) in [5.74, 6) is -2.96. The molecular weight excluding hydrogens is 662 g/mol. The molecule has 266 valence electrons. The molecule has 1 amide bonds. The molecular formula is C33H35N3O14. The number of aromatic amines is 1. The van der Waals surface area contributed by atoms with E-state index in [0.29, 0.717) is 11.1 Å². The summed E-state index contributed by atoms with van der Waals surface area (Å²) in [6.45, 7) is 2.86. The number of benzene rings is 2. The number of hydrogen-bond donors (Lipinski definition) is 2. The van der Waals surface area contributed by atoms with Crippen LogP contribution in [0.15, 0.2) is 82.5 Å². The van der Waals surface area contributed by atoms with E-state index in [9.17, 15) is 33.6 Å². The number of esters is 3. The minimum absolute atomic E-state index is 0.189. The molecule has 2 heterocycles. The zero-order chi connectivity index (χ0) is 36.2. The van der Waals surface area contributed by atoms with Crippen molar-refractivity contribution in [2.75, 3.05) is 6.61 Å². The summed E-state index contributed by atoms with van der Waals surface area (Å²) in [6, 6.07) is 16.1. The number of carbonyl (C=O) groups is 5. The lowest BCUT2D eigenvalue weighted by Gasteiger charge is -2.32. The highest BCUT2D eigenvalue weighted by Gasteiger charge is 2.57. The summed E-state index contributed by atoms with van der Waals surface area (Å²) < 4.78 is 39.2. The van der Waals surface area contributed by atoms with E-state index in [4.69, 9.17) is 33.2 Å². The Bertz CT molecular complexity index is 1760. The lowest BCUT2D eigenvalue weighted by molar-refractivity contribution is -0.168. The minimum atomic E-state index is -1.95. The molecule has 0 radical (unpaired) electrons. The largest absolute Gasteiger partial charge is 0.509 e. The molecule has 0 spiro atoms. The molecule has 0 saturated carbocycles.